The highest BCUT2D eigenvalue weighted by atomic mass is 32.1. The number of amides is 1. The van der Waals surface area contributed by atoms with Gasteiger partial charge in [0.25, 0.3) is 5.91 Å². The first-order chi connectivity index (χ1) is 10.9. The molecular formula is C16H18FN3O2S. The predicted octanol–water partition coefficient (Wildman–Crippen LogP) is 2.52. The molecule has 0 fully saturated rings. The van der Waals surface area contributed by atoms with Gasteiger partial charge in [-0.15, -0.1) is 6.58 Å². The van der Waals surface area contributed by atoms with Gasteiger partial charge in [-0.3, -0.25) is 4.79 Å². The Kier molecular flexibility index (Phi) is 5.46. The summed E-state index contributed by atoms with van der Waals surface area (Å²) in [7, 11) is 0. The zero-order valence-electron chi connectivity index (χ0n) is 12.7. The molecule has 0 radical (unpaired) electrons. The molecule has 0 bridgehead atoms. The first kappa shape index (κ1) is 17.1. The van der Waals surface area contributed by atoms with E-state index >= 15 is 0 Å². The Bertz CT molecular complexity index is 683. The molecule has 0 spiro atoms. The maximum absolute atomic E-state index is 12.9. The fourth-order valence-corrected chi connectivity index (χ4v) is 2.61. The molecule has 0 saturated heterocycles. The SMILES string of the molecule is C=CCNc1ncc(C(=O)NCC(C)(O)c2ccc(F)cc2)s1. The number of hydrogen-bond donors (Lipinski definition) is 3. The van der Waals surface area contributed by atoms with Crippen LogP contribution in [0.1, 0.15) is 22.2 Å². The van der Waals surface area contributed by atoms with Gasteiger partial charge in [-0.1, -0.05) is 29.5 Å². The van der Waals surface area contributed by atoms with E-state index in [2.05, 4.69) is 22.2 Å². The summed E-state index contributed by atoms with van der Waals surface area (Å²) in [5.74, 6) is -0.700. The summed E-state index contributed by atoms with van der Waals surface area (Å²) >= 11 is 1.22. The van der Waals surface area contributed by atoms with E-state index in [0.29, 0.717) is 22.1 Å². The maximum atomic E-state index is 12.9. The summed E-state index contributed by atoms with van der Waals surface area (Å²) in [5.41, 5.74) is -0.769. The van der Waals surface area contributed by atoms with Crippen LogP contribution >= 0.6 is 11.3 Å². The molecule has 2 rings (SSSR count). The summed E-state index contributed by atoms with van der Waals surface area (Å²) in [6, 6.07) is 5.52. The lowest BCUT2D eigenvalue weighted by Crippen LogP contribution is -2.38. The Morgan fingerprint density at radius 2 is 2.17 bits per heavy atom. The molecule has 1 aromatic heterocycles. The number of aliphatic hydroxyl groups is 1. The van der Waals surface area contributed by atoms with Crippen molar-refractivity contribution >= 4 is 22.4 Å². The third-order valence-corrected chi connectivity index (χ3v) is 4.14. The zero-order chi connectivity index (χ0) is 16.9. The molecule has 1 unspecified atom stereocenters. The fourth-order valence-electron chi connectivity index (χ4n) is 1.87. The third-order valence-electron chi connectivity index (χ3n) is 3.19. The summed E-state index contributed by atoms with van der Waals surface area (Å²) in [5, 5.41) is 16.7. The van der Waals surface area contributed by atoms with Gasteiger partial charge in [-0.05, 0) is 24.6 Å². The second-order valence-corrected chi connectivity index (χ2v) is 6.19. The Morgan fingerprint density at radius 3 is 2.83 bits per heavy atom. The van der Waals surface area contributed by atoms with E-state index in [1.165, 1.54) is 41.8 Å². The second-order valence-electron chi connectivity index (χ2n) is 5.16. The molecule has 0 aliphatic carbocycles. The Balaban J connectivity index is 1.96. The molecule has 1 aromatic carbocycles. The van der Waals surface area contributed by atoms with E-state index < -0.39 is 5.60 Å². The van der Waals surface area contributed by atoms with Gasteiger partial charge in [-0.25, -0.2) is 9.37 Å². The van der Waals surface area contributed by atoms with Crippen LogP contribution in [0, 0.1) is 5.82 Å². The first-order valence-electron chi connectivity index (χ1n) is 6.99. The molecule has 3 N–H and O–H groups in total. The van der Waals surface area contributed by atoms with Gasteiger partial charge >= 0.3 is 0 Å². The molecule has 23 heavy (non-hydrogen) atoms. The smallest absolute Gasteiger partial charge is 0.263 e. The summed E-state index contributed by atoms with van der Waals surface area (Å²) in [6.45, 7) is 5.72. The van der Waals surface area contributed by atoms with Gasteiger partial charge in [0.05, 0.1) is 12.7 Å². The Hall–Kier alpha value is -2.25. The van der Waals surface area contributed by atoms with Crippen molar-refractivity contribution in [3.05, 3.63) is 59.4 Å². The lowest BCUT2D eigenvalue weighted by atomic mass is 9.96. The van der Waals surface area contributed by atoms with Crippen LogP contribution in [0.3, 0.4) is 0 Å². The number of halogens is 1. The monoisotopic (exact) mass is 335 g/mol. The van der Waals surface area contributed by atoms with Crippen molar-refractivity contribution in [3.63, 3.8) is 0 Å². The molecular weight excluding hydrogens is 317 g/mol. The van der Waals surface area contributed by atoms with Gasteiger partial charge in [0, 0.05) is 6.54 Å². The number of aromatic nitrogens is 1. The minimum atomic E-state index is -1.29. The number of benzene rings is 1. The average molecular weight is 335 g/mol. The van der Waals surface area contributed by atoms with E-state index in [-0.39, 0.29) is 18.3 Å². The number of carbonyl (C=O) groups is 1. The van der Waals surface area contributed by atoms with Crippen LogP contribution in [0.25, 0.3) is 0 Å². The van der Waals surface area contributed by atoms with Crippen molar-refractivity contribution in [1.29, 1.82) is 0 Å². The molecule has 122 valence electrons. The van der Waals surface area contributed by atoms with Crippen molar-refractivity contribution < 1.29 is 14.3 Å². The number of hydrogen-bond acceptors (Lipinski definition) is 5. The molecule has 0 aliphatic heterocycles. The van der Waals surface area contributed by atoms with Crippen molar-refractivity contribution in [2.45, 2.75) is 12.5 Å². The third kappa shape index (κ3) is 4.61. The Labute approximate surface area is 137 Å². The lowest BCUT2D eigenvalue weighted by molar-refractivity contribution is 0.0527. The second kappa shape index (κ2) is 7.34. The minimum absolute atomic E-state index is 0.00475. The van der Waals surface area contributed by atoms with E-state index in [4.69, 9.17) is 0 Å². The van der Waals surface area contributed by atoms with E-state index in [1.54, 1.807) is 13.0 Å². The van der Waals surface area contributed by atoms with Crippen LogP contribution in [0.2, 0.25) is 0 Å². The van der Waals surface area contributed by atoms with Gasteiger partial charge in [0.1, 0.15) is 16.3 Å². The largest absolute Gasteiger partial charge is 0.384 e. The number of thiazole rings is 1. The van der Waals surface area contributed by atoms with Crippen LogP contribution in [0.5, 0.6) is 0 Å². The maximum Gasteiger partial charge on any atom is 0.263 e. The van der Waals surface area contributed by atoms with E-state index in [0.717, 1.165) is 0 Å². The number of nitrogens with one attached hydrogen (secondary N) is 2. The van der Waals surface area contributed by atoms with Crippen LogP contribution in [-0.4, -0.2) is 29.1 Å². The molecule has 1 amide bonds. The van der Waals surface area contributed by atoms with Crippen molar-refractivity contribution in [2.75, 3.05) is 18.4 Å². The molecule has 5 nitrogen and oxygen atoms in total. The summed E-state index contributed by atoms with van der Waals surface area (Å²) < 4.78 is 12.9. The van der Waals surface area contributed by atoms with Gasteiger partial charge in [-0.2, -0.15) is 0 Å². The van der Waals surface area contributed by atoms with Crippen LogP contribution < -0.4 is 10.6 Å². The normalized spacial score (nSPS) is 13.2. The Morgan fingerprint density at radius 1 is 1.48 bits per heavy atom. The highest BCUT2D eigenvalue weighted by Crippen LogP contribution is 2.21. The highest BCUT2D eigenvalue weighted by molar-refractivity contribution is 7.17. The number of nitrogens with zero attached hydrogens (tertiary/aromatic N) is 1. The van der Waals surface area contributed by atoms with Gasteiger partial charge < -0.3 is 15.7 Å². The number of rotatable bonds is 7. The quantitative estimate of drug-likeness (QED) is 0.680. The molecule has 0 aliphatic rings. The zero-order valence-corrected chi connectivity index (χ0v) is 13.5. The lowest BCUT2D eigenvalue weighted by Gasteiger charge is -2.24. The average Bonchev–Trinajstić information content (AvgIpc) is 3.00. The minimum Gasteiger partial charge on any atom is -0.384 e. The molecule has 0 saturated carbocycles. The predicted molar refractivity (Wildman–Crippen MR) is 89.1 cm³/mol. The van der Waals surface area contributed by atoms with Crippen molar-refractivity contribution in [1.82, 2.24) is 10.3 Å². The summed E-state index contributed by atoms with van der Waals surface area (Å²) in [6.07, 6.45) is 3.17. The molecule has 1 atom stereocenters. The first-order valence-corrected chi connectivity index (χ1v) is 7.81. The van der Waals surface area contributed by atoms with Crippen LogP contribution in [0.4, 0.5) is 9.52 Å². The van der Waals surface area contributed by atoms with Gasteiger partial charge in [0.2, 0.25) is 0 Å². The number of anilines is 1. The van der Waals surface area contributed by atoms with Crippen LogP contribution in [-0.2, 0) is 5.60 Å². The molecule has 1 heterocycles. The standard InChI is InChI=1S/C16H18FN3O2S/c1-3-8-18-15-19-9-13(23-15)14(21)20-10-16(2,22)11-4-6-12(17)7-5-11/h3-7,9,22H,1,8,10H2,2H3,(H,18,19)(H,20,21). The van der Waals surface area contributed by atoms with Crippen LogP contribution in [0.15, 0.2) is 43.1 Å². The topological polar surface area (TPSA) is 74.2 Å². The van der Waals surface area contributed by atoms with Crippen molar-refractivity contribution in [3.8, 4) is 0 Å². The molecule has 7 heteroatoms. The molecule has 2 aromatic rings. The number of carbonyl (C=O) groups excluding carboxylic acids is 1. The highest BCUT2D eigenvalue weighted by Gasteiger charge is 2.24. The fraction of sp³-hybridized carbons (Fsp3) is 0.250. The van der Waals surface area contributed by atoms with E-state index in [9.17, 15) is 14.3 Å². The van der Waals surface area contributed by atoms with E-state index in [1.807, 2.05) is 0 Å². The van der Waals surface area contributed by atoms with Crippen molar-refractivity contribution in [2.24, 2.45) is 0 Å². The van der Waals surface area contributed by atoms with Gasteiger partial charge in [0.15, 0.2) is 5.13 Å². The summed E-state index contributed by atoms with van der Waals surface area (Å²) in [4.78, 5) is 16.6.